The number of carbonyl (C=O) groups excluding carboxylic acids is 1. The van der Waals surface area contributed by atoms with Gasteiger partial charge in [-0.2, -0.15) is 0 Å². The Morgan fingerprint density at radius 2 is 1.55 bits per heavy atom. The average Bonchev–Trinajstić information content (AvgIpc) is 2.47. The van der Waals surface area contributed by atoms with Crippen molar-refractivity contribution in [2.75, 3.05) is 17.2 Å². The Morgan fingerprint density at radius 3 is 2.15 bits per heavy atom. The van der Waals surface area contributed by atoms with Crippen molar-refractivity contribution in [1.29, 1.82) is 0 Å². The van der Waals surface area contributed by atoms with Crippen LogP contribution >= 0.6 is 0 Å². The molecule has 0 saturated heterocycles. The fraction of sp³-hybridized carbons (Fsp3) is 0.0667. The Hall–Kier alpha value is -2.82. The maximum absolute atomic E-state index is 11.7. The highest BCUT2D eigenvalue weighted by Crippen LogP contribution is 2.10. The molecule has 1 amide bonds. The maximum Gasteiger partial charge on any atom is 0.335 e. The Labute approximate surface area is 116 Å². The second-order valence-corrected chi connectivity index (χ2v) is 4.15. The van der Waals surface area contributed by atoms with Crippen molar-refractivity contribution < 1.29 is 14.7 Å². The first-order valence-electron chi connectivity index (χ1n) is 6.07. The average molecular weight is 270 g/mol. The highest BCUT2D eigenvalue weighted by atomic mass is 16.4. The van der Waals surface area contributed by atoms with Crippen molar-refractivity contribution in [1.82, 2.24) is 0 Å². The number of para-hydroxylation sites is 1. The van der Waals surface area contributed by atoms with Gasteiger partial charge in [-0.3, -0.25) is 4.79 Å². The molecule has 3 N–H and O–H groups in total. The maximum atomic E-state index is 11.7. The topological polar surface area (TPSA) is 78.4 Å². The number of aromatic carboxylic acids is 1. The highest BCUT2D eigenvalue weighted by Gasteiger charge is 2.04. The van der Waals surface area contributed by atoms with Crippen LogP contribution in [0.3, 0.4) is 0 Å². The number of hydrogen-bond donors (Lipinski definition) is 3. The number of carboxylic acid groups (broad SMARTS) is 1. The van der Waals surface area contributed by atoms with Crippen LogP contribution in [-0.2, 0) is 4.79 Å². The summed E-state index contributed by atoms with van der Waals surface area (Å²) >= 11 is 0. The van der Waals surface area contributed by atoms with Gasteiger partial charge in [0.1, 0.15) is 0 Å². The molecule has 0 unspecified atom stereocenters. The van der Waals surface area contributed by atoms with Gasteiger partial charge in [0.15, 0.2) is 0 Å². The second-order valence-electron chi connectivity index (χ2n) is 4.15. The van der Waals surface area contributed by atoms with Crippen molar-refractivity contribution in [3.05, 3.63) is 60.2 Å². The van der Waals surface area contributed by atoms with Crippen molar-refractivity contribution in [3.63, 3.8) is 0 Å². The van der Waals surface area contributed by atoms with E-state index >= 15 is 0 Å². The third-order valence-electron chi connectivity index (χ3n) is 2.64. The molecular weight excluding hydrogens is 256 g/mol. The number of amides is 1. The second kappa shape index (κ2) is 6.38. The number of anilines is 2. The predicted molar refractivity (Wildman–Crippen MR) is 77.0 cm³/mol. The van der Waals surface area contributed by atoms with E-state index in [4.69, 9.17) is 5.11 Å². The SMILES string of the molecule is O=C(CNc1ccccc1)Nc1ccc(C(=O)O)cc1. The summed E-state index contributed by atoms with van der Waals surface area (Å²) in [4.78, 5) is 22.4. The lowest BCUT2D eigenvalue weighted by molar-refractivity contribution is -0.114. The third kappa shape index (κ3) is 3.84. The van der Waals surface area contributed by atoms with Crippen LogP contribution in [0.5, 0.6) is 0 Å². The van der Waals surface area contributed by atoms with E-state index in [-0.39, 0.29) is 18.0 Å². The Bertz CT molecular complexity index is 594. The van der Waals surface area contributed by atoms with Crippen LogP contribution < -0.4 is 10.6 Å². The van der Waals surface area contributed by atoms with Crippen LogP contribution in [0.2, 0.25) is 0 Å². The molecule has 2 aromatic rings. The molecule has 0 aromatic heterocycles. The van der Waals surface area contributed by atoms with Gasteiger partial charge in [-0.1, -0.05) is 18.2 Å². The summed E-state index contributed by atoms with van der Waals surface area (Å²) in [5.74, 6) is -1.19. The van der Waals surface area contributed by atoms with E-state index in [1.165, 1.54) is 12.1 Å². The van der Waals surface area contributed by atoms with Gasteiger partial charge in [0, 0.05) is 11.4 Å². The van der Waals surface area contributed by atoms with Crippen molar-refractivity contribution in [2.24, 2.45) is 0 Å². The first-order valence-corrected chi connectivity index (χ1v) is 6.07. The lowest BCUT2D eigenvalue weighted by atomic mass is 10.2. The summed E-state index contributed by atoms with van der Waals surface area (Å²) in [6.45, 7) is 0.144. The van der Waals surface area contributed by atoms with Gasteiger partial charge < -0.3 is 15.7 Å². The monoisotopic (exact) mass is 270 g/mol. The molecular formula is C15H14N2O3. The minimum absolute atomic E-state index is 0.144. The lowest BCUT2D eigenvalue weighted by Gasteiger charge is -2.07. The smallest absolute Gasteiger partial charge is 0.335 e. The van der Waals surface area contributed by atoms with E-state index in [9.17, 15) is 9.59 Å². The van der Waals surface area contributed by atoms with Gasteiger partial charge in [-0.25, -0.2) is 4.79 Å². The number of benzene rings is 2. The fourth-order valence-corrected chi connectivity index (χ4v) is 1.64. The van der Waals surface area contributed by atoms with Crippen LogP contribution in [0, 0.1) is 0 Å². The van der Waals surface area contributed by atoms with Crippen molar-refractivity contribution in [3.8, 4) is 0 Å². The molecule has 5 heteroatoms. The molecule has 2 aromatic carbocycles. The molecule has 0 fully saturated rings. The molecule has 0 spiro atoms. The molecule has 0 aliphatic carbocycles. The van der Waals surface area contributed by atoms with E-state index in [1.807, 2.05) is 30.3 Å². The number of carboxylic acids is 1. The van der Waals surface area contributed by atoms with E-state index in [1.54, 1.807) is 12.1 Å². The van der Waals surface area contributed by atoms with Crippen LogP contribution in [-0.4, -0.2) is 23.5 Å². The van der Waals surface area contributed by atoms with Crippen LogP contribution in [0.4, 0.5) is 11.4 Å². The lowest BCUT2D eigenvalue weighted by Crippen LogP contribution is -2.21. The van der Waals surface area contributed by atoms with Gasteiger partial charge >= 0.3 is 5.97 Å². The zero-order valence-corrected chi connectivity index (χ0v) is 10.7. The quantitative estimate of drug-likeness (QED) is 0.779. The molecule has 0 bridgehead atoms. The molecule has 102 valence electrons. The summed E-state index contributed by atoms with van der Waals surface area (Å²) in [5, 5.41) is 14.4. The van der Waals surface area contributed by atoms with Crippen LogP contribution in [0.15, 0.2) is 54.6 Å². The van der Waals surface area contributed by atoms with E-state index in [0.717, 1.165) is 5.69 Å². The van der Waals surface area contributed by atoms with E-state index < -0.39 is 5.97 Å². The first-order chi connectivity index (χ1) is 9.65. The fourth-order valence-electron chi connectivity index (χ4n) is 1.64. The number of hydrogen-bond acceptors (Lipinski definition) is 3. The molecule has 20 heavy (non-hydrogen) atoms. The van der Waals surface area contributed by atoms with Gasteiger partial charge in [-0.15, -0.1) is 0 Å². The molecule has 0 radical (unpaired) electrons. The van der Waals surface area contributed by atoms with Gasteiger partial charge in [0.25, 0.3) is 0 Å². The summed E-state index contributed by atoms with van der Waals surface area (Å²) in [5.41, 5.74) is 1.61. The summed E-state index contributed by atoms with van der Waals surface area (Å²) in [7, 11) is 0. The largest absolute Gasteiger partial charge is 0.478 e. The zero-order chi connectivity index (χ0) is 14.4. The molecule has 0 aliphatic rings. The number of nitrogens with one attached hydrogen (secondary N) is 2. The third-order valence-corrected chi connectivity index (χ3v) is 2.64. The van der Waals surface area contributed by atoms with E-state index in [0.29, 0.717) is 5.69 Å². The predicted octanol–water partition coefficient (Wildman–Crippen LogP) is 2.44. The Morgan fingerprint density at radius 1 is 0.900 bits per heavy atom. The Balaban J connectivity index is 1.86. The van der Waals surface area contributed by atoms with Crippen molar-refractivity contribution >= 4 is 23.3 Å². The highest BCUT2D eigenvalue weighted by molar-refractivity contribution is 5.94. The van der Waals surface area contributed by atoms with Crippen LogP contribution in [0.25, 0.3) is 0 Å². The van der Waals surface area contributed by atoms with E-state index in [2.05, 4.69) is 10.6 Å². The molecule has 2 rings (SSSR count). The molecule has 5 nitrogen and oxygen atoms in total. The molecule has 0 saturated carbocycles. The van der Waals surface area contributed by atoms with Crippen molar-refractivity contribution in [2.45, 2.75) is 0 Å². The van der Waals surface area contributed by atoms with Gasteiger partial charge in [0.05, 0.1) is 12.1 Å². The minimum Gasteiger partial charge on any atom is -0.478 e. The van der Waals surface area contributed by atoms with Gasteiger partial charge in [0.2, 0.25) is 5.91 Å². The standard InChI is InChI=1S/C15H14N2O3/c18-14(10-16-12-4-2-1-3-5-12)17-13-8-6-11(7-9-13)15(19)20/h1-9,16H,10H2,(H,17,18)(H,19,20). The molecule has 0 atom stereocenters. The number of rotatable bonds is 5. The molecule has 0 aliphatic heterocycles. The van der Waals surface area contributed by atoms with Crippen LogP contribution in [0.1, 0.15) is 10.4 Å². The normalized spacial score (nSPS) is 9.80. The zero-order valence-electron chi connectivity index (χ0n) is 10.7. The minimum atomic E-state index is -0.992. The summed E-state index contributed by atoms with van der Waals surface area (Å²) in [6.07, 6.45) is 0. The first kappa shape index (κ1) is 13.6. The Kier molecular flexibility index (Phi) is 4.34. The molecule has 0 heterocycles. The number of carbonyl (C=O) groups is 2. The summed E-state index contributed by atoms with van der Waals surface area (Å²) < 4.78 is 0. The summed E-state index contributed by atoms with van der Waals surface area (Å²) in [6, 6.07) is 15.4. The van der Waals surface area contributed by atoms with Gasteiger partial charge in [-0.05, 0) is 36.4 Å².